The number of aromatic hydroxyl groups is 17. The van der Waals surface area contributed by atoms with Crippen molar-refractivity contribution in [2.45, 2.75) is 189 Å². The van der Waals surface area contributed by atoms with Crippen molar-refractivity contribution < 1.29 is 317 Å². The maximum Gasteiger partial charge on any atom is 0.328 e. The molecule has 10 rings (SSSR count). The standard InChI is InChI=1S/C78H96N6O63/c1-20-9-10-27(21(2)53(20)141-19-25(86)17-64(110,69(115,116)33-40(93)47(100)50(103)48(101)41(33)94)30(88)16-29(68(113,114)31-36(89)45(98)49(102)46(99)37(31)90)81-58(106)65(83-12-6-11-79-62(83)108)60(146-65)144-56(72(123,124)125)73(126,127)128)143-55-51(104)38(91)32(39(92)52(55)105)67(111,112)28(80-59(107)66(61(147-66)145-57(74(129,130)131)75(132,133)134)84-63(109)82-77(137,138)76(135,136)78(84,139)140)15-26(87)23(13-22-7-4-3-5-8-22)14-24(85)18-142-54-34(70(117,118)119)42(95)44(97)43(96)35(54)71(120,121)122/h3-5,7-10,23,26,28-30,56-57,60-61,87-105,110-140H,6,11-19H2,1-2H3,(H,79,108)(H,80,107)(H,81,106)(H,82,109). The first kappa shape index (κ1) is 116. The number of phenolic OH excluding ortho intramolecular Hbond substituents is 17. The van der Waals surface area contributed by atoms with Gasteiger partial charge < -0.3 is 304 Å². The molecule has 0 saturated carbocycles. The van der Waals surface area contributed by atoms with Crippen LogP contribution in [-0.4, -0.2) is 435 Å². The molecule has 0 aliphatic carbocycles. The molecule has 10 atom stereocenters. The molecule has 4 fully saturated rings. The molecule has 4 saturated heterocycles. The van der Waals surface area contributed by atoms with E-state index in [9.17, 15) is 275 Å². The Labute approximate surface area is 810 Å². The first-order chi connectivity index (χ1) is 66.8. The summed E-state index contributed by atoms with van der Waals surface area (Å²) in [6, 6.07) is -3.32. The number of amides is 6. The third kappa shape index (κ3) is 20.8. The molecule has 69 heteroatoms. The average molecular weight is 2130 g/mol. The molecular weight excluding hydrogens is 2030 g/mol. The van der Waals surface area contributed by atoms with Gasteiger partial charge in [-0.2, -0.15) is 0 Å². The quantitative estimate of drug-likeness (QED) is 0.00732. The van der Waals surface area contributed by atoms with Gasteiger partial charge in [-0.3, -0.25) is 29.4 Å². The van der Waals surface area contributed by atoms with Crippen molar-refractivity contribution in [1.29, 1.82) is 0 Å². The monoisotopic (exact) mass is 2120 g/mol. The van der Waals surface area contributed by atoms with Crippen LogP contribution in [0, 0.1) is 19.8 Å². The van der Waals surface area contributed by atoms with Crippen LogP contribution in [0.25, 0.3) is 0 Å². The number of aryl methyl sites for hydroxylation is 1. The van der Waals surface area contributed by atoms with Gasteiger partial charge >= 0.3 is 65.5 Å². The van der Waals surface area contributed by atoms with E-state index in [0.29, 0.717) is 0 Å². The highest BCUT2D eigenvalue weighted by atomic mass is 16.9. The molecule has 0 spiro atoms. The van der Waals surface area contributed by atoms with Crippen molar-refractivity contribution in [1.82, 2.24) is 31.1 Å². The van der Waals surface area contributed by atoms with Crippen molar-refractivity contribution in [3.63, 3.8) is 0 Å². The van der Waals surface area contributed by atoms with Gasteiger partial charge in [-0.25, -0.2) is 14.5 Å². The third-order valence-electron chi connectivity index (χ3n) is 23.5. The number of aliphatic hydroxyl groups excluding tert-OH is 2. The topological polar surface area (TPSA) is 1240 Å². The second kappa shape index (κ2) is 39.1. The summed E-state index contributed by atoms with van der Waals surface area (Å²) in [7, 11) is 0. The van der Waals surface area contributed by atoms with Gasteiger partial charge in [-0.15, -0.1) is 0 Å². The summed E-state index contributed by atoms with van der Waals surface area (Å²) >= 11 is 0. The number of hydrogen-bond acceptors (Lipinski definition) is 63. The van der Waals surface area contributed by atoms with Gasteiger partial charge in [0, 0.05) is 37.9 Å². The Morgan fingerprint density at radius 1 is 0.463 bits per heavy atom. The largest absolute Gasteiger partial charge is 0.504 e. The van der Waals surface area contributed by atoms with E-state index in [1.807, 2.05) is 0 Å². The van der Waals surface area contributed by atoms with Crippen molar-refractivity contribution in [2.24, 2.45) is 5.92 Å². The van der Waals surface area contributed by atoms with Gasteiger partial charge in [-0.1, -0.05) is 36.4 Å². The molecule has 6 aromatic carbocycles. The molecule has 4 aliphatic rings. The summed E-state index contributed by atoms with van der Waals surface area (Å²) in [6.07, 6.45) is -29.9. The summed E-state index contributed by atoms with van der Waals surface area (Å²) in [5.74, 6) is -110. The molecule has 4 heterocycles. The lowest BCUT2D eigenvalue weighted by Gasteiger charge is -2.52. The minimum Gasteiger partial charge on any atom is -0.504 e. The minimum absolute atomic E-state index is 0.0381. The summed E-state index contributed by atoms with van der Waals surface area (Å²) in [4.78, 5) is 85.8. The van der Waals surface area contributed by atoms with Crippen LogP contribution in [0.2, 0.25) is 0 Å². The highest BCUT2D eigenvalue weighted by molar-refractivity contribution is 5.95. The number of phenols is 17. The van der Waals surface area contributed by atoms with Crippen LogP contribution >= 0.6 is 0 Å². The van der Waals surface area contributed by atoms with Crippen LogP contribution < -0.4 is 35.5 Å². The molecule has 6 aromatic rings. The van der Waals surface area contributed by atoms with E-state index < -0.39 is 389 Å². The predicted molar refractivity (Wildman–Crippen MR) is 438 cm³/mol. The molecular formula is C78H96N6O63. The number of benzene rings is 6. The van der Waals surface area contributed by atoms with Gasteiger partial charge in [0.05, 0.1) is 24.3 Å². The molecule has 6 amide bonds. The summed E-state index contributed by atoms with van der Waals surface area (Å²) in [5.41, 5.74) is -24.5. The summed E-state index contributed by atoms with van der Waals surface area (Å²) in [6.45, 7) is -2.72. The minimum atomic E-state index is -5.36. The molecule has 69 nitrogen and oxygen atoms in total. The first-order valence-electron chi connectivity index (χ1n) is 40.9. The summed E-state index contributed by atoms with van der Waals surface area (Å²) in [5, 5.41) is 551. The van der Waals surface area contributed by atoms with E-state index in [-0.39, 0.29) is 29.0 Å². The Morgan fingerprint density at radius 2 is 0.850 bits per heavy atom. The molecule has 54 N–H and O–H groups in total. The zero-order valence-corrected chi connectivity index (χ0v) is 73.9. The summed E-state index contributed by atoms with van der Waals surface area (Å²) < 4.78 is 36.1. The Balaban J connectivity index is 1.06. The molecule has 10 unspecified atom stereocenters. The van der Waals surface area contributed by atoms with E-state index in [1.165, 1.54) is 35.6 Å². The molecule has 816 valence electrons. The van der Waals surface area contributed by atoms with E-state index in [1.54, 1.807) is 5.32 Å². The Kier molecular flexibility index (Phi) is 30.7. The number of ketones is 2. The number of aliphatic hydroxyl groups is 33. The smallest absolute Gasteiger partial charge is 0.328 e. The number of urea groups is 2. The number of nitrogens with zero attached hydrogens (tertiary/aromatic N) is 2. The molecule has 147 heavy (non-hydrogen) atoms. The van der Waals surface area contributed by atoms with E-state index in [2.05, 4.69) is 10.1 Å². The van der Waals surface area contributed by atoms with Crippen LogP contribution in [0.3, 0.4) is 0 Å². The molecule has 0 bridgehead atoms. The maximum atomic E-state index is 15.4. The fourth-order valence-corrected chi connectivity index (χ4v) is 15.9. The number of carbonyl (C=O) groups is 6. The van der Waals surface area contributed by atoms with Crippen molar-refractivity contribution in [3.05, 3.63) is 87.0 Å². The fraction of sp³-hybridized carbons (Fsp3) is 0.462. The van der Waals surface area contributed by atoms with Gasteiger partial charge in [0.25, 0.3) is 23.3 Å². The van der Waals surface area contributed by atoms with Crippen LogP contribution in [0.1, 0.15) is 76.6 Å². The first-order valence-corrected chi connectivity index (χ1v) is 40.9. The highest BCUT2D eigenvalue weighted by Crippen LogP contribution is 2.62. The van der Waals surface area contributed by atoms with Gasteiger partial charge in [0.1, 0.15) is 58.3 Å². The zero-order valence-electron chi connectivity index (χ0n) is 73.9. The normalized spacial score (nSPS) is 20.3. The fourth-order valence-electron chi connectivity index (χ4n) is 15.9. The number of ether oxygens (including phenoxy) is 7. The lowest BCUT2D eigenvalue weighted by atomic mass is 9.75. The SMILES string of the molecule is Cc1ccc(Oc2c(O)c(O)c(C(O)(O)C(CC(O)C(CC(=O)COc3c(C(O)(O)O)c(O)c(O)c(O)c3C(O)(O)O)Cc3ccccc3)NC(=O)C3(N4C(=O)NC(O)(O)C(O)(O)C4(O)O)OC3OC(C(O)(O)O)C(O)(O)O)c(O)c2O)c(C)c1OCC(=O)CC(O)(C(O)CC(NC(=O)C1(N2CCCNC2=O)OC1OC(C(O)(O)O)C(O)(O)O)C(O)(O)c1c(O)c(O)c(O)c(O)c1O)C(O)(O)c1c(O)c(O)c(O)c(O)c1O. The number of carbonyl (C=O) groups excluding carboxylic acids is 6. The molecule has 4 aliphatic heterocycles. The van der Waals surface area contributed by atoms with E-state index in [0.717, 1.165) is 31.3 Å². The van der Waals surface area contributed by atoms with E-state index >= 15 is 9.59 Å². The van der Waals surface area contributed by atoms with Crippen molar-refractivity contribution in [2.75, 3.05) is 26.3 Å². The zero-order chi connectivity index (χ0) is 112. The van der Waals surface area contributed by atoms with Gasteiger partial charge in [0.2, 0.25) is 99.6 Å². The van der Waals surface area contributed by atoms with E-state index in [4.69, 9.17) is 28.4 Å². The number of epoxide rings is 2. The van der Waals surface area contributed by atoms with Gasteiger partial charge in [-0.05, 0) is 56.2 Å². The van der Waals surface area contributed by atoms with Crippen LogP contribution in [0.5, 0.6) is 121 Å². The average Bonchev–Trinajstić information content (AvgIpc) is 1.51. The lowest BCUT2D eigenvalue weighted by Crippen LogP contribution is -2.87. The van der Waals surface area contributed by atoms with Crippen LogP contribution in [0.4, 0.5) is 9.59 Å². The second-order valence-electron chi connectivity index (χ2n) is 33.9. The van der Waals surface area contributed by atoms with Crippen molar-refractivity contribution in [3.8, 4) is 121 Å². The van der Waals surface area contributed by atoms with Crippen molar-refractivity contribution >= 4 is 35.4 Å². The second-order valence-corrected chi connectivity index (χ2v) is 33.9. The number of Topliss-reactive ketones (excluding diaryl/α,β-unsaturated/α-hetero) is 2. The number of hydrogen-bond donors (Lipinski definition) is 54. The third-order valence-corrected chi connectivity index (χ3v) is 23.5. The molecule has 0 aromatic heterocycles. The predicted octanol–water partition coefficient (Wildman–Crippen LogP) is -18.7. The Bertz CT molecular complexity index is 5920. The number of rotatable bonds is 42. The Hall–Kier alpha value is -13.3. The Morgan fingerprint density at radius 3 is 1.29 bits per heavy atom. The maximum absolute atomic E-state index is 15.4. The van der Waals surface area contributed by atoms with Crippen LogP contribution in [0.15, 0.2) is 42.5 Å². The molecule has 0 radical (unpaired) electrons. The van der Waals surface area contributed by atoms with Crippen LogP contribution in [-0.2, 0) is 73.9 Å². The number of nitrogens with one attached hydrogen (secondary N) is 4. The van der Waals surface area contributed by atoms with Gasteiger partial charge in [0.15, 0.2) is 63.2 Å². The highest BCUT2D eigenvalue weighted by Gasteiger charge is 2.83. The lowest BCUT2D eigenvalue weighted by molar-refractivity contribution is -0.499.